The summed E-state index contributed by atoms with van der Waals surface area (Å²) in [7, 11) is 1.79. The first kappa shape index (κ1) is 21.0. The molecule has 142 valence electrons. The number of aliphatic imine (C=N–C) groups is 1. The Morgan fingerprint density at radius 3 is 2.30 bits per heavy atom. The van der Waals surface area contributed by atoms with Crippen LogP contribution in [0.1, 0.15) is 22.3 Å². The van der Waals surface area contributed by atoms with Gasteiger partial charge in [-0.3, -0.25) is 4.99 Å². The van der Waals surface area contributed by atoms with Crippen LogP contribution in [0.4, 0.5) is 0 Å². The summed E-state index contributed by atoms with van der Waals surface area (Å²) in [4.78, 5) is 8.39. The number of nitrogens with zero attached hydrogens (tertiary/aromatic N) is 3. The second kappa shape index (κ2) is 10.7. The van der Waals surface area contributed by atoms with Gasteiger partial charge in [-0.1, -0.05) is 54.1 Å². The topological polar surface area (TPSA) is 54.2 Å². The monoisotopic (exact) mass is 475 g/mol. The van der Waals surface area contributed by atoms with Crippen LogP contribution in [-0.4, -0.2) is 22.6 Å². The number of rotatable bonds is 6. The first-order valence-electron chi connectivity index (χ1n) is 8.76. The van der Waals surface area contributed by atoms with Crippen molar-refractivity contribution in [2.24, 2.45) is 4.99 Å². The molecule has 0 fully saturated rings. The molecule has 0 bridgehead atoms. The van der Waals surface area contributed by atoms with Gasteiger partial charge in [-0.25, -0.2) is 4.98 Å². The Morgan fingerprint density at radius 1 is 1.00 bits per heavy atom. The van der Waals surface area contributed by atoms with Crippen molar-refractivity contribution in [3.63, 3.8) is 0 Å². The molecule has 0 spiro atoms. The quantitative estimate of drug-likeness (QED) is 0.325. The Balaban J connectivity index is 0.00000261. The Labute approximate surface area is 178 Å². The molecule has 6 heteroatoms. The van der Waals surface area contributed by atoms with Gasteiger partial charge in [0.25, 0.3) is 0 Å². The van der Waals surface area contributed by atoms with E-state index in [0.717, 1.165) is 25.6 Å². The average molecular weight is 475 g/mol. The fraction of sp³-hybridized carbons (Fsp3) is 0.238. The highest BCUT2D eigenvalue weighted by molar-refractivity contribution is 14.0. The van der Waals surface area contributed by atoms with Crippen LogP contribution >= 0.6 is 24.0 Å². The fourth-order valence-corrected chi connectivity index (χ4v) is 2.84. The minimum Gasteiger partial charge on any atom is -0.352 e. The number of benzene rings is 2. The van der Waals surface area contributed by atoms with Crippen LogP contribution < -0.4 is 10.6 Å². The number of nitrogens with one attached hydrogen (secondary N) is 2. The number of halogens is 1. The summed E-state index contributed by atoms with van der Waals surface area (Å²) in [5, 5.41) is 6.74. The second-order valence-electron chi connectivity index (χ2n) is 6.32. The molecule has 0 aliphatic carbocycles. The maximum atomic E-state index is 4.31. The molecule has 27 heavy (non-hydrogen) atoms. The van der Waals surface area contributed by atoms with E-state index in [-0.39, 0.29) is 24.0 Å². The minimum atomic E-state index is 0. The van der Waals surface area contributed by atoms with E-state index in [1.54, 1.807) is 13.2 Å². The summed E-state index contributed by atoms with van der Waals surface area (Å²) < 4.78 is 2.06. The smallest absolute Gasteiger partial charge is 0.191 e. The zero-order chi connectivity index (χ0) is 18.2. The van der Waals surface area contributed by atoms with Crippen molar-refractivity contribution >= 4 is 29.9 Å². The van der Waals surface area contributed by atoms with E-state index in [2.05, 4.69) is 80.6 Å². The summed E-state index contributed by atoms with van der Waals surface area (Å²) in [5.74, 6) is 0.798. The Morgan fingerprint density at radius 2 is 1.67 bits per heavy atom. The van der Waals surface area contributed by atoms with E-state index in [4.69, 9.17) is 0 Å². The standard InChI is InChI=1S/C21H25N5.HI/c1-17-5-3-6-18(11-17)13-24-21(22-2)25-14-19-7-4-8-20(12-19)15-26-10-9-23-16-26;/h3-12,16H,13-15H2,1-2H3,(H2,22,24,25);1H. The van der Waals surface area contributed by atoms with Crippen LogP contribution in [0, 0.1) is 6.92 Å². The Bertz CT molecular complexity index is 859. The van der Waals surface area contributed by atoms with Gasteiger partial charge < -0.3 is 15.2 Å². The van der Waals surface area contributed by atoms with Crippen LogP contribution in [-0.2, 0) is 19.6 Å². The molecule has 0 aliphatic rings. The normalized spacial score (nSPS) is 11.0. The average Bonchev–Trinajstić information content (AvgIpc) is 3.15. The molecule has 0 saturated heterocycles. The van der Waals surface area contributed by atoms with Gasteiger partial charge in [0.1, 0.15) is 0 Å². The highest BCUT2D eigenvalue weighted by Crippen LogP contribution is 2.07. The molecule has 3 rings (SSSR count). The largest absolute Gasteiger partial charge is 0.352 e. The Kier molecular flexibility index (Phi) is 8.32. The van der Waals surface area contributed by atoms with Crippen LogP contribution in [0.2, 0.25) is 0 Å². The number of hydrogen-bond donors (Lipinski definition) is 2. The minimum absolute atomic E-state index is 0. The molecule has 0 aliphatic heterocycles. The molecule has 1 aromatic heterocycles. The van der Waals surface area contributed by atoms with Crippen molar-refractivity contribution < 1.29 is 0 Å². The van der Waals surface area contributed by atoms with Crippen LogP contribution in [0.3, 0.4) is 0 Å². The van der Waals surface area contributed by atoms with Crippen LogP contribution in [0.5, 0.6) is 0 Å². The lowest BCUT2D eigenvalue weighted by Crippen LogP contribution is -2.36. The van der Waals surface area contributed by atoms with Crippen molar-refractivity contribution in [2.45, 2.75) is 26.6 Å². The molecule has 1 heterocycles. The van der Waals surface area contributed by atoms with E-state index < -0.39 is 0 Å². The third kappa shape index (κ3) is 6.71. The number of imidazole rings is 1. The molecular formula is C21H26IN5. The highest BCUT2D eigenvalue weighted by atomic mass is 127. The van der Waals surface area contributed by atoms with Gasteiger partial charge in [0.2, 0.25) is 0 Å². The zero-order valence-electron chi connectivity index (χ0n) is 15.7. The van der Waals surface area contributed by atoms with E-state index in [9.17, 15) is 0 Å². The molecule has 0 unspecified atom stereocenters. The second-order valence-corrected chi connectivity index (χ2v) is 6.32. The first-order chi connectivity index (χ1) is 12.7. The van der Waals surface area contributed by atoms with E-state index in [1.807, 2.05) is 12.5 Å². The molecule has 2 aromatic carbocycles. The maximum absolute atomic E-state index is 4.31. The summed E-state index contributed by atoms with van der Waals surface area (Å²) in [6.45, 7) is 4.41. The number of guanidine groups is 1. The number of hydrogen-bond acceptors (Lipinski definition) is 2. The molecule has 0 radical (unpaired) electrons. The summed E-state index contributed by atoms with van der Waals surface area (Å²) >= 11 is 0. The van der Waals surface area contributed by atoms with Crippen molar-refractivity contribution in [2.75, 3.05) is 7.05 Å². The van der Waals surface area contributed by atoms with Gasteiger partial charge in [-0.05, 0) is 23.6 Å². The van der Waals surface area contributed by atoms with Crippen LogP contribution in [0.25, 0.3) is 0 Å². The molecular weight excluding hydrogens is 449 g/mol. The highest BCUT2D eigenvalue weighted by Gasteiger charge is 2.01. The van der Waals surface area contributed by atoms with E-state index in [1.165, 1.54) is 22.3 Å². The fourth-order valence-electron chi connectivity index (χ4n) is 2.84. The summed E-state index contributed by atoms with van der Waals surface area (Å²) in [5.41, 5.74) is 4.99. The van der Waals surface area contributed by atoms with Gasteiger partial charge in [0.15, 0.2) is 5.96 Å². The molecule has 5 nitrogen and oxygen atoms in total. The number of aryl methyl sites for hydroxylation is 1. The predicted octanol–water partition coefficient (Wildman–Crippen LogP) is 3.72. The van der Waals surface area contributed by atoms with Gasteiger partial charge in [-0.15, -0.1) is 24.0 Å². The zero-order valence-corrected chi connectivity index (χ0v) is 18.1. The number of aromatic nitrogens is 2. The maximum Gasteiger partial charge on any atom is 0.191 e. The SMILES string of the molecule is CN=C(NCc1cccc(C)c1)NCc1cccc(Cn2ccnc2)c1.I. The molecule has 3 aromatic rings. The molecule has 0 amide bonds. The van der Waals surface area contributed by atoms with Gasteiger partial charge in [0.05, 0.1) is 6.33 Å². The van der Waals surface area contributed by atoms with Crippen molar-refractivity contribution in [3.8, 4) is 0 Å². The Hall–Kier alpha value is -2.35. The van der Waals surface area contributed by atoms with Gasteiger partial charge in [0, 0.05) is 39.1 Å². The van der Waals surface area contributed by atoms with Gasteiger partial charge in [-0.2, -0.15) is 0 Å². The van der Waals surface area contributed by atoms with Crippen LogP contribution in [0.15, 0.2) is 72.2 Å². The lowest BCUT2D eigenvalue weighted by molar-refractivity contribution is 0.787. The lowest BCUT2D eigenvalue weighted by Gasteiger charge is -2.13. The van der Waals surface area contributed by atoms with Crippen molar-refractivity contribution in [3.05, 3.63) is 89.5 Å². The third-order valence-electron chi connectivity index (χ3n) is 4.14. The molecule has 0 atom stereocenters. The van der Waals surface area contributed by atoms with E-state index in [0.29, 0.717) is 0 Å². The van der Waals surface area contributed by atoms with Crippen molar-refractivity contribution in [1.29, 1.82) is 0 Å². The molecule has 2 N–H and O–H groups in total. The summed E-state index contributed by atoms with van der Waals surface area (Å²) in [6, 6.07) is 17.0. The van der Waals surface area contributed by atoms with Gasteiger partial charge >= 0.3 is 0 Å². The van der Waals surface area contributed by atoms with Crippen molar-refractivity contribution in [1.82, 2.24) is 20.2 Å². The first-order valence-corrected chi connectivity index (χ1v) is 8.76. The summed E-state index contributed by atoms with van der Waals surface area (Å²) in [6.07, 6.45) is 5.61. The lowest BCUT2D eigenvalue weighted by atomic mass is 10.1. The predicted molar refractivity (Wildman–Crippen MR) is 121 cm³/mol. The van der Waals surface area contributed by atoms with E-state index >= 15 is 0 Å². The third-order valence-corrected chi connectivity index (χ3v) is 4.14. The molecule has 0 saturated carbocycles.